The number of pyridine rings is 1. The molecule has 2 aliphatic heterocycles. The van der Waals surface area contributed by atoms with Crippen molar-refractivity contribution in [1.29, 1.82) is 0 Å². The van der Waals surface area contributed by atoms with E-state index in [0.29, 0.717) is 49.1 Å². The molecule has 6 rings (SSSR count). The van der Waals surface area contributed by atoms with Gasteiger partial charge in [-0.15, -0.1) is 0 Å². The summed E-state index contributed by atoms with van der Waals surface area (Å²) in [4.78, 5) is 15.8. The van der Waals surface area contributed by atoms with Crippen molar-refractivity contribution in [2.24, 2.45) is 5.92 Å². The van der Waals surface area contributed by atoms with Crippen molar-refractivity contribution in [2.75, 3.05) is 48.5 Å². The molecular formula is C28H33N7O5S2. The maximum Gasteiger partial charge on any atom is 0.259 e. The van der Waals surface area contributed by atoms with E-state index < -0.39 is 25.1 Å². The van der Waals surface area contributed by atoms with Crippen molar-refractivity contribution in [3.8, 4) is 11.4 Å². The van der Waals surface area contributed by atoms with Crippen LogP contribution < -0.4 is 10.2 Å². The highest BCUT2D eigenvalue weighted by Gasteiger charge is 2.32. The number of anilines is 3. The molecule has 1 atom stereocenters. The van der Waals surface area contributed by atoms with E-state index in [1.54, 1.807) is 12.3 Å². The molecule has 2 fully saturated rings. The number of nitrogens with one attached hydrogen (secondary N) is 1. The highest BCUT2D eigenvalue weighted by molar-refractivity contribution is 7.90. The smallest absolute Gasteiger partial charge is 0.259 e. The Hall–Kier alpha value is -3.62. The first kappa shape index (κ1) is 28.5. The quantitative estimate of drug-likeness (QED) is 0.297. The molecule has 0 bridgehead atoms. The molecule has 42 heavy (non-hydrogen) atoms. The molecule has 0 amide bonds. The lowest BCUT2D eigenvalue weighted by atomic mass is 9.93. The fourth-order valence-electron chi connectivity index (χ4n) is 5.55. The predicted molar refractivity (Wildman–Crippen MR) is 161 cm³/mol. The van der Waals surface area contributed by atoms with Crippen LogP contribution in [0, 0.1) is 5.92 Å². The second-order valence-electron chi connectivity index (χ2n) is 11.3. The summed E-state index contributed by atoms with van der Waals surface area (Å²) in [5.41, 5.74) is 2.69. The summed E-state index contributed by atoms with van der Waals surface area (Å²) in [6.45, 7) is 6.25. The van der Waals surface area contributed by atoms with Crippen molar-refractivity contribution in [3.05, 3.63) is 54.6 Å². The normalized spacial score (nSPS) is 18.1. The number of rotatable bonds is 9. The SMILES string of the molecule is CC(C)c1ccc(N2CC(CS(C)(=O)=O)C2)c2cnc(Nc3ccnc(-c4cnn(S(=O)(=O)C5CCOC5)c4)n3)cc12. The highest BCUT2D eigenvalue weighted by Crippen LogP contribution is 2.37. The molecule has 5 heterocycles. The first-order chi connectivity index (χ1) is 20.0. The van der Waals surface area contributed by atoms with Gasteiger partial charge in [0.25, 0.3) is 10.0 Å². The molecular weight excluding hydrogens is 578 g/mol. The first-order valence-corrected chi connectivity index (χ1v) is 17.4. The molecule has 1 N–H and O–H groups in total. The zero-order chi connectivity index (χ0) is 29.6. The molecule has 0 spiro atoms. The largest absolute Gasteiger partial charge is 0.380 e. The summed E-state index contributed by atoms with van der Waals surface area (Å²) >= 11 is 0. The Bertz CT molecular complexity index is 1850. The van der Waals surface area contributed by atoms with Gasteiger partial charge in [-0.1, -0.05) is 19.9 Å². The molecule has 2 saturated heterocycles. The molecule has 1 aromatic carbocycles. The molecule has 12 nitrogen and oxygen atoms in total. The number of aromatic nitrogens is 5. The maximum atomic E-state index is 12.9. The van der Waals surface area contributed by atoms with E-state index in [1.165, 1.54) is 24.2 Å². The van der Waals surface area contributed by atoms with Crippen LogP contribution in [0.25, 0.3) is 22.2 Å². The second kappa shape index (κ2) is 10.9. The van der Waals surface area contributed by atoms with Gasteiger partial charge >= 0.3 is 0 Å². The number of fused-ring (bicyclic) bond motifs is 1. The van der Waals surface area contributed by atoms with Crippen LogP contribution in [0.3, 0.4) is 0 Å². The molecule has 3 aromatic heterocycles. The molecule has 1 unspecified atom stereocenters. The van der Waals surface area contributed by atoms with Crippen LogP contribution in [-0.2, 0) is 24.6 Å². The summed E-state index contributed by atoms with van der Waals surface area (Å²) in [6, 6.07) is 7.94. The van der Waals surface area contributed by atoms with Gasteiger partial charge in [-0.2, -0.15) is 9.19 Å². The molecule has 2 aliphatic rings. The van der Waals surface area contributed by atoms with E-state index in [-0.39, 0.29) is 24.2 Å². The Morgan fingerprint density at radius 3 is 2.57 bits per heavy atom. The fraction of sp³-hybridized carbons (Fsp3) is 0.429. The molecule has 0 radical (unpaired) electrons. The van der Waals surface area contributed by atoms with Gasteiger partial charge in [-0.25, -0.2) is 31.8 Å². The summed E-state index contributed by atoms with van der Waals surface area (Å²) < 4.78 is 55.4. The van der Waals surface area contributed by atoms with Gasteiger partial charge in [0.2, 0.25) is 0 Å². The molecule has 0 saturated carbocycles. The lowest BCUT2D eigenvalue weighted by molar-refractivity contribution is 0.198. The molecule has 4 aromatic rings. The van der Waals surface area contributed by atoms with Crippen LogP contribution in [0.2, 0.25) is 0 Å². The minimum absolute atomic E-state index is 0.129. The average molecular weight is 612 g/mol. The Morgan fingerprint density at radius 2 is 1.86 bits per heavy atom. The summed E-state index contributed by atoms with van der Waals surface area (Å²) in [6.07, 6.45) is 8.02. The van der Waals surface area contributed by atoms with Crippen molar-refractivity contribution in [2.45, 2.75) is 31.4 Å². The molecule has 0 aliphatic carbocycles. The minimum Gasteiger partial charge on any atom is -0.380 e. The van der Waals surface area contributed by atoms with Crippen molar-refractivity contribution >= 4 is 48.0 Å². The fourth-order valence-corrected chi connectivity index (χ4v) is 8.03. The lowest BCUT2D eigenvalue weighted by Crippen LogP contribution is -2.49. The Morgan fingerprint density at radius 1 is 1.05 bits per heavy atom. The number of hydrogen-bond donors (Lipinski definition) is 1. The van der Waals surface area contributed by atoms with E-state index in [9.17, 15) is 16.8 Å². The second-order valence-corrected chi connectivity index (χ2v) is 15.6. The number of nitrogens with zero attached hydrogens (tertiary/aromatic N) is 6. The van der Waals surface area contributed by atoms with E-state index in [1.807, 2.05) is 12.3 Å². The van der Waals surface area contributed by atoms with Crippen LogP contribution in [0.4, 0.5) is 17.3 Å². The summed E-state index contributed by atoms with van der Waals surface area (Å²) in [7, 11) is -6.68. The number of ether oxygens (including phenoxy) is 1. The van der Waals surface area contributed by atoms with Crippen LogP contribution in [0.15, 0.2) is 49.1 Å². The van der Waals surface area contributed by atoms with Crippen LogP contribution in [-0.4, -0.2) is 84.5 Å². The van der Waals surface area contributed by atoms with E-state index in [0.717, 1.165) is 20.5 Å². The van der Waals surface area contributed by atoms with Gasteiger partial charge < -0.3 is 15.0 Å². The van der Waals surface area contributed by atoms with Crippen LogP contribution >= 0.6 is 0 Å². The minimum atomic E-state index is -3.67. The van der Waals surface area contributed by atoms with Crippen LogP contribution in [0.5, 0.6) is 0 Å². The molecule has 14 heteroatoms. The summed E-state index contributed by atoms with van der Waals surface area (Å²) in [5.74, 6) is 2.04. The Kier molecular flexibility index (Phi) is 7.39. The third kappa shape index (κ3) is 5.70. The van der Waals surface area contributed by atoms with E-state index >= 15 is 0 Å². The summed E-state index contributed by atoms with van der Waals surface area (Å²) in [5, 5.41) is 8.77. The van der Waals surface area contributed by atoms with Gasteiger partial charge in [0.15, 0.2) is 5.82 Å². The standard InChI is InChI=1S/C28H33N7O5S2/c1-18(2)22-4-5-25(34-13-19(14-34)17-41(3,36)37)24-12-30-27(10-23(22)24)32-26-6-8-29-28(33-26)20-11-31-35(15-20)42(38,39)21-7-9-40-16-21/h4-6,8,10-12,15,18-19,21H,7,9,13-14,16-17H2,1-3H3,(H,29,30,32,33). The average Bonchev–Trinajstić information content (AvgIpc) is 3.63. The predicted octanol–water partition coefficient (Wildman–Crippen LogP) is 3.20. The lowest BCUT2D eigenvalue weighted by Gasteiger charge is -2.41. The van der Waals surface area contributed by atoms with E-state index in [2.05, 4.69) is 56.2 Å². The maximum absolute atomic E-state index is 12.9. The zero-order valence-electron chi connectivity index (χ0n) is 23.6. The third-order valence-electron chi connectivity index (χ3n) is 7.67. The highest BCUT2D eigenvalue weighted by atomic mass is 32.2. The monoisotopic (exact) mass is 611 g/mol. The van der Waals surface area contributed by atoms with Crippen LogP contribution in [0.1, 0.15) is 31.7 Å². The Labute approximate surface area is 245 Å². The molecule has 222 valence electrons. The van der Waals surface area contributed by atoms with Gasteiger partial charge in [0.1, 0.15) is 26.7 Å². The number of sulfone groups is 1. The Balaban J connectivity index is 1.25. The van der Waals surface area contributed by atoms with Crippen molar-refractivity contribution in [1.82, 2.24) is 24.1 Å². The zero-order valence-corrected chi connectivity index (χ0v) is 25.3. The van der Waals surface area contributed by atoms with Gasteiger partial charge in [0.05, 0.1) is 30.3 Å². The number of hydrogen-bond acceptors (Lipinski definition) is 11. The van der Waals surface area contributed by atoms with Gasteiger partial charge in [0, 0.05) is 55.3 Å². The third-order valence-corrected chi connectivity index (χ3v) is 10.7. The van der Waals surface area contributed by atoms with Gasteiger partial charge in [-0.3, -0.25) is 0 Å². The van der Waals surface area contributed by atoms with Crippen molar-refractivity contribution < 1.29 is 21.6 Å². The van der Waals surface area contributed by atoms with Gasteiger partial charge in [-0.05, 0) is 41.5 Å². The van der Waals surface area contributed by atoms with E-state index in [4.69, 9.17) is 4.74 Å². The topological polar surface area (TPSA) is 149 Å². The number of benzene rings is 1. The first-order valence-electron chi connectivity index (χ1n) is 13.8. The van der Waals surface area contributed by atoms with Crippen molar-refractivity contribution in [3.63, 3.8) is 0 Å².